The average molecular weight is 241 g/mol. The lowest BCUT2D eigenvalue weighted by Gasteiger charge is -2.11. The predicted molar refractivity (Wildman–Crippen MR) is 73.5 cm³/mol. The molecule has 0 bridgehead atoms. The van der Waals surface area contributed by atoms with Crippen LogP contribution in [0.3, 0.4) is 0 Å². The van der Waals surface area contributed by atoms with Crippen LogP contribution in [0, 0.1) is 6.92 Å². The van der Waals surface area contributed by atoms with Crippen molar-refractivity contribution < 1.29 is 5.11 Å². The molecule has 94 valence electrons. The zero-order chi connectivity index (χ0) is 13.0. The number of nitrogens with zero attached hydrogens (tertiary/aromatic N) is 1. The first-order valence-electron chi connectivity index (χ1n) is 6.40. The van der Waals surface area contributed by atoms with Crippen molar-refractivity contribution in [1.82, 2.24) is 4.98 Å². The molecule has 0 aliphatic rings. The standard InChI is InChI=1S/C16H19NO/c1-3-4-13-6-8-14(9-7-13)16(18)15-10-5-12(2)11-17-15/h5-11,16,18H,3-4H2,1-2H3. The lowest BCUT2D eigenvalue weighted by atomic mass is 10.0. The van der Waals surface area contributed by atoms with Gasteiger partial charge in [0, 0.05) is 6.20 Å². The summed E-state index contributed by atoms with van der Waals surface area (Å²) in [7, 11) is 0. The van der Waals surface area contributed by atoms with E-state index in [1.165, 1.54) is 5.56 Å². The summed E-state index contributed by atoms with van der Waals surface area (Å²) in [5, 5.41) is 10.2. The van der Waals surface area contributed by atoms with E-state index in [4.69, 9.17) is 0 Å². The summed E-state index contributed by atoms with van der Waals surface area (Å²) in [6.45, 7) is 4.15. The van der Waals surface area contributed by atoms with Crippen LogP contribution in [0.1, 0.15) is 41.8 Å². The van der Waals surface area contributed by atoms with Crippen molar-refractivity contribution in [2.45, 2.75) is 32.8 Å². The van der Waals surface area contributed by atoms with Crippen LogP contribution in [0.4, 0.5) is 0 Å². The van der Waals surface area contributed by atoms with E-state index < -0.39 is 6.10 Å². The molecule has 2 nitrogen and oxygen atoms in total. The summed E-state index contributed by atoms with van der Waals surface area (Å²) in [6.07, 6.45) is 3.37. The summed E-state index contributed by atoms with van der Waals surface area (Å²) >= 11 is 0. The van der Waals surface area contributed by atoms with Crippen LogP contribution < -0.4 is 0 Å². The third-order valence-corrected chi connectivity index (χ3v) is 3.05. The molecule has 0 saturated carbocycles. The quantitative estimate of drug-likeness (QED) is 0.889. The second kappa shape index (κ2) is 5.78. The van der Waals surface area contributed by atoms with Gasteiger partial charge in [-0.05, 0) is 36.1 Å². The fourth-order valence-corrected chi connectivity index (χ4v) is 1.97. The number of hydrogen-bond donors (Lipinski definition) is 1. The van der Waals surface area contributed by atoms with Crippen molar-refractivity contribution in [2.75, 3.05) is 0 Å². The lowest BCUT2D eigenvalue weighted by Crippen LogP contribution is -2.02. The van der Waals surface area contributed by atoms with Crippen molar-refractivity contribution in [3.8, 4) is 0 Å². The summed E-state index contributed by atoms with van der Waals surface area (Å²) in [5.74, 6) is 0. The second-order valence-electron chi connectivity index (χ2n) is 4.65. The average Bonchev–Trinajstić information content (AvgIpc) is 2.40. The minimum atomic E-state index is -0.638. The maximum atomic E-state index is 10.2. The Hall–Kier alpha value is -1.67. The van der Waals surface area contributed by atoms with Gasteiger partial charge >= 0.3 is 0 Å². The molecular formula is C16H19NO. The summed E-state index contributed by atoms with van der Waals surface area (Å²) in [6, 6.07) is 12.0. The van der Waals surface area contributed by atoms with Gasteiger partial charge in [0.1, 0.15) is 6.10 Å². The molecule has 2 rings (SSSR count). The maximum absolute atomic E-state index is 10.2. The number of hydrogen-bond acceptors (Lipinski definition) is 2. The van der Waals surface area contributed by atoms with Crippen molar-refractivity contribution in [3.63, 3.8) is 0 Å². The predicted octanol–water partition coefficient (Wildman–Crippen LogP) is 3.42. The highest BCUT2D eigenvalue weighted by molar-refractivity contribution is 5.29. The highest BCUT2D eigenvalue weighted by Crippen LogP contribution is 2.20. The van der Waals surface area contributed by atoms with E-state index in [1.807, 2.05) is 31.2 Å². The molecule has 2 heteroatoms. The van der Waals surface area contributed by atoms with E-state index in [2.05, 4.69) is 24.0 Å². The minimum absolute atomic E-state index is 0.638. The molecule has 0 radical (unpaired) electrons. The van der Waals surface area contributed by atoms with Gasteiger partial charge in [-0.3, -0.25) is 4.98 Å². The molecule has 0 spiro atoms. The molecule has 18 heavy (non-hydrogen) atoms. The topological polar surface area (TPSA) is 33.1 Å². The van der Waals surface area contributed by atoms with Crippen LogP contribution in [-0.2, 0) is 6.42 Å². The molecule has 1 aromatic carbocycles. The van der Waals surface area contributed by atoms with Gasteiger partial charge in [0.15, 0.2) is 0 Å². The van der Waals surface area contributed by atoms with Gasteiger partial charge < -0.3 is 5.11 Å². The molecule has 0 amide bonds. The molecule has 2 aromatic rings. The number of aryl methyl sites for hydroxylation is 2. The van der Waals surface area contributed by atoms with Crippen molar-refractivity contribution in [3.05, 3.63) is 65.0 Å². The number of benzene rings is 1. The van der Waals surface area contributed by atoms with E-state index in [1.54, 1.807) is 6.20 Å². The maximum Gasteiger partial charge on any atom is 0.121 e. The summed E-state index contributed by atoms with van der Waals surface area (Å²) < 4.78 is 0. The van der Waals surface area contributed by atoms with Gasteiger partial charge in [0.05, 0.1) is 5.69 Å². The third-order valence-electron chi connectivity index (χ3n) is 3.05. The summed E-state index contributed by atoms with van der Waals surface area (Å²) in [4.78, 5) is 4.26. The van der Waals surface area contributed by atoms with Gasteiger partial charge in [0.25, 0.3) is 0 Å². The molecule has 1 aromatic heterocycles. The zero-order valence-electron chi connectivity index (χ0n) is 10.9. The highest BCUT2D eigenvalue weighted by atomic mass is 16.3. The number of rotatable bonds is 4. The third kappa shape index (κ3) is 2.96. The van der Waals surface area contributed by atoms with E-state index in [0.717, 1.165) is 24.0 Å². The first-order chi connectivity index (χ1) is 8.70. The molecule has 1 N–H and O–H groups in total. The Labute approximate surface area is 108 Å². The van der Waals surface area contributed by atoms with Crippen molar-refractivity contribution in [2.24, 2.45) is 0 Å². The largest absolute Gasteiger partial charge is 0.382 e. The lowest BCUT2D eigenvalue weighted by molar-refractivity contribution is 0.215. The smallest absolute Gasteiger partial charge is 0.121 e. The van der Waals surface area contributed by atoms with Crippen molar-refractivity contribution in [1.29, 1.82) is 0 Å². The van der Waals surface area contributed by atoms with Crippen LogP contribution in [0.25, 0.3) is 0 Å². The normalized spacial score (nSPS) is 12.4. The second-order valence-corrected chi connectivity index (χ2v) is 4.65. The van der Waals surface area contributed by atoms with Crippen LogP contribution in [0.15, 0.2) is 42.6 Å². The van der Waals surface area contributed by atoms with Gasteiger partial charge in [-0.1, -0.05) is 43.7 Å². The summed E-state index contributed by atoms with van der Waals surface area (Å²) in [5.41, 5.74) is 4.00. The Bertz CT molecular complexity index is 488. The molecular weight excluding hydrogens is 222 g/mol. The SMILES string of the molecule is CCCc1ccc(C(O)c2ccc(C)cn2)cc1. The van der Waals surface area contributed by atoms with Gasteiger partial charge in [0.2, 0.25) is 0 Å². The van der Waals surface area contributed by atoms with Crippen LogP contribution >= 0.6 is 0 Å². The van der Waals surface area contributed by atoms with Crippen LogP contribution in [0.2, 0.25) is 0 Å². The first kappa shape index (κ1) is 12.8. The van der Waals surface area contributed by atoms with E-state index in [0.29, 0.717) is 5.69 Å². The molecule has 0 fully saturated rings. The van der Waals surface area contributed by atoms with Crippen LogP contribution in [0.5, 0.6) is 0 Å². The Kier molecular flexibility index (Phi) is 4.11. The van der Waals surface area contributed by atoms with E-state index >= 15 is 0 Å². The van der Waals surface area contributed by atoms with Gasteiger partial charge in [-0.25, -0.2) is 0 Å². The Morgan fingerprint density at radius 2 is 1.83 bits per heavy atom. The minimum Gasteiger partial charge on any atom is -0.382 e. The zero-order valence-corrected chi connectivity index (χ0v) is 10.9. The van der Waals surface area contributed by atoms with Crippen molar-refractivity contribution >= 4 is 0 Å². The van der Waals surface area contributed by atoms with Gasteiger partial charge in [-0.2, -0.15) is 0 Å². The fourth-order valence-electron chi connectivity index (χ4n) is 1.97. The molecule has 0 aliphatic carbocycles. The molecule has 1 atom stereocenters. The number of aromatic nitrogens is 1. The molecule has 0 saturated heterocycles. The first-order valence-corrected chi connectivity index (χ1v) is 6.40. The van der Waals surface area contributed by atoms with E-state index in [-0.39, 0.29) is 0 Å². The number of aliphatic hydroxyl groups is 1. The molecule has 1 unspecified atom stereocenters. The van der Waals surface area contributed by atoms with E-state index in [9.17, 15) is 5.11 Å². The monoisotopic (exact) mass is 241 g/mol. The highest BCUT2D eigenvalue weighted by Gasteiger charge is 2.11. The Balaban J connectivity index is 2.17. The fraction of sp³-hybridized carbons (Fsp3) is 0.312. The van der Waals surface area contributed by atoms with Gasteiger partial charge in [-0.15, -0.1) is 0 Å². The van der Waals surface area contributed by atoms with Crippen LogP contribution in [-0.4, -0.2) is 10.1 Å². The molecule has 1 heterocycles. The molecule has 0 aliphatic heterocycles. The number of pyridine rings is 1. The number of aliphatic hydroxyl groups excluding tert-OH is 1. The Morgan fingerprint density at radius 3 is 2.39 bits per heavy atom. The Morgan fingerprint density at radius 1 is 1.11 bits per heavy atom.